The monoisotopic (exact) mass is 277 g/mol. The minimum atomic E-state index is -3.73. The van der Waals surface area contributed by atoms with Gasteiger partial charge in [0.25, 0.3) is 5.69 Å². The van der Waals surface area contributed by atoms with Crippen molar-refractivity contribution in [2.45, 2.75) is 16.7 Å². The highest BCUT2D eigenvalue weighted by atomic mass is 32.2. The molecule has 2 aromatic carbocycles. The molecule has 0 aromatic heterocycles. The van der Waals surface area contributed by atoms with Gasteiger partial charge in [-0.15, -0.1) is 0 Å². The lowest BCUT2D eigenvalue weighted by Gasteiger charge is -2.07. The van der Waals surface area contributed by atoms with Gasteiger partial charge in [0.2, 0.25) is 9.84 Å². The average Bonchev–Trinajstić information content (AvgIpc) is 2.39. The van der Waals surface area contributed by atoms with Crippen molar-refractivity contribution < 1.29 is 13.3 Å². The summed E-state index contributed by atoms with van der Waals surface area (Å²) in [6.07, 6.45) is 0. The molecule has 5 nitrogen and oxygen atoms in total. The highest BCUT2D eigenvalue weighted by molar-refractivity contribution is 7.91. The molecule has 0 N–H and O–H groups in total. The molecular formula is C13H11NO4S. The van der Waals surface area contributed by atoms with Gasteiger partial charge in [-0.3, -0.25) is 10.1 Å². The molecule has 0 aliphatic rings. The maximum absolute atomic E-state index is 12.4. The van der Waals surface area contributed by atoms with Crippen LogP contribution in [-0.2, 0) is 9.84 Å². The lowest BCUT2D eigenvalue weighted by Crippen LogP contribution is -2.04. The van der Waals surface area contributed by atoms with Crippen LogP contribution in [0.1, 0.15) is 5.56 Å². The fraction of sp³-hybridized carbons (Fsp3) is 0.0769. The van der Waals surface area contributed by atoms with Gasteiger partial charge in [0, 0.05) is 12.1 Å². The summed E-state index contributed by atoms with van der Waals surface area (Å²) in [5.41, 5.74) is 0.245. The molecule has 0 unspecified atom stereocenters. The first kappa shape index (κ1) is 13.2. The number of non-ortho nitro benzene ring substituents is 1. The highest BCUT2D eigenvalue weighted by Crippen LogP contribution is 2.27. The van der Waals surface area contributed by atoms with Gasteiger partial charge in [-0.25, -0.2) is 8.42 Å². The lowest BCUT2D eigenvalue weighted by molar-refractivity contribution is -0.385. The van der Waals surface area contributed by atoms with Crippen LogP contribution >= 0.6 is 0 Å². The minimum Gasteiger partial charge on any atom is -0.258 e. The van der Waals surface area contributed by atoms with Crippen molar-refractivity contribution in [3.05, 3.63) is 64.2 Å². The van der Waals surface area contributed by atoms with E-state index >= 15 is 0 Å². The maximum atomic E-state index is 12.4. The first-order chi connectivity index (χ1) is 8.93. The molecule has 2 rings (SSSR count). The number of nitro benzene ring substituents is 1. The van der Waals surface area contributed by atoms with Crippen molar-refractivity contribution in [3.8, 4) is 0 Å². The van der Waals surface area contributed by atoms with Gasteiger partial charge in [-0.05, 0) is 24.6 Å². The Balaban J connectivity index is 2.65. The van der Waals surface area contributed by atoms with Crippen molar-refractivity contribution in [1.29, 1.82) is 0 Å². The van der Waals surface area contributed by atoms with E-state index in [1.165, 1.54) is 24.3 Å². The molecule has 0 saturated carbocycles. The fourth-order valence-corrected chi connectivity index (χ4v) is 3.26. The van der Waals surface area contributed by atoms with E-state index in [1.54, 1.807) is 25.1 Å². The quantitative estimate of drug-likeness (QED) is 0.638. The van der Waals surface area contributed by atoms with Crippen LogP contribution in [-0.4, -0.2) is 13.3 Å². The van der Waals surface area contributed by atoms with Gasteiger partial charge in [0.05, 0.1) is 14.7 Å². The van der Waals surface area contributed by atoms with E-state index in [-0.39, 0.29) is 15.5 Å². The van der Waals surface area contributed by atoms with Crippen molar-refractivity contribution in [1.82, 2.24) is 0 Å². The standard InChI is InChI=1S/C13H11NO4S/c1-10-7-8-11(14(15)16)9-13(10)19(17,18)12-5-3-2-4-6-12/h2-9H,1H3. The van der Waals surface area contributed by atoms with E-state index in [4.69, 9.17) is 0 Å². The van der Waals surface area contributed by atoms with Crippen LogP contribution in [0.25, 0.3) is 0 Å². The summed E-state index contributed by atoms with van der Waals surface area (Å²) in [6, 6.07) is 11.7. The molecule has 0 aliphatic carbocycles. The van der Waals surface area contributed by atoms with Crippen molar-refractivity contribution in [3.63, 3.8) is 0 Å². The summed E-state index contributed by atoms with van der Waals surface area (Å²) >= 11 is 0. The molecule has 2 aromatic rings. The third-order valence-electron chi connectivity index (χ3n) is 2.73. The molecule has 0 spiro atoms. The van der Waals surface area contributed by atoms with E-state index in [9.17, 15) is 18.5 Å². The zero-order valence-electron chi connectivity index (χ0n) is 10.1. The minimum absolute atomic E-state index is 0.0344. The molecule has 0 bridgehead atoms. The Morgan fingerprint density at radius 3 is 2.26 bits per heavy atom. The number of nitro groups is 1. The third kappa shape index (κ3) is 2.48. The Morgan fingerprint density at radius 2 is 1.68 bits per heavy atom. The largest absolute Gasteiger partial charge is 0.270 e. The van der Waals surface area contributed by atoms with E-state index in [1.807, 2.05) is 0 Å². The maximum Gasteiger partial charge on any atom is 0.270 e. The number of benzene rings is 2. The molecule has 0 atom stereocenters. The number of aryl methyl sites for hydroxylation is 1. The normalized spacial score (nSPS) is 11.2. The molecule has 6 heteroatoms. The molecule has 0 aliphatic heterocycles. The predicted octanol–water partition coefficient (Wildman–Crippen LogP) is 2.74. The Labute approximate surface area is 110 Å². The third-order valence-corrected chi connectivity index (χ3v) is 4.64. The summed E-state index contributed by atoms with van der Waals surface area (Å²) in [6.45, 7) is 1.61. The molecule has 0 saturated heterocycles. The van der Waals surface area contributed by atoms with E-state index in [0.717, 1.165) is 6.07 Å². The van der Waals surface area contributed by atoms with Gasteiger partial charge >= 0.3 is 0 Å². The highest BCUT2D eigenvalue weighted by Gasteiger charge is 2.22. The molecule has 0 radical (unpaired) electrons. The van der Waals surface area contributed by atoms with Crippen molar-refractivity contribution >= 4 is 15.5 Å². The first-order valence-corrected chi connectivity index (χ1v) is 6.96. The summed E-state index contributed by atoms with van der Waals surface area (Å²) in [7, 11) is -3.73. The predicted molar refractivity (Wildman–Crippen MR) is 69.7 cm³/mol. The Bertz CT molecular complexity index is 724. The number of rotatable bonds is 3. The molecule has 0 amide bonds. The van der Waals surface area contributed by atoms with Gasteiger partial charge in [0.15, 0.2) is 0 Å². The van der Waals surface area contributed by atoms with E-state index in [2.05, 4.69) is 0 Å². The van der Waals surface area contributed by atoms with Crippen LogP contribution in [0.15, 0.2) is 58.3 Å². The van der Waals surface area contributed by atoms with Crippen LogP contribution in [0.5, 0.6) is 0 Å². The van der Waals surface area contributed by atoms with E-state index in [0.29, 0.717) is 5.56 Å². The smallest absolute Gasteiger partial charge is 0.258 e. The average molecular weight is 277 g/mol. The zero-order valence-corrected chi connectivity index (χ0v) is 10.9. The second-order valence-corrected chi connectivity index (χ2v) is 5.94. The summed E-state index contributed by atoms with van der Waals surface area (Å²) in [4.78, 5) is 10.2. The van der Waals surface area contributed by atoms with Gasteiger partial charge in [-0.1, -0.05) is 24.3 Å². The first-order valence-electron chi connectivity index (χ1n) is 5.48. The SMILES string of the molecule is Cc1ccc([N+](=O)[O-])cc1S(=O)(=O)c1ccccc1. The van der Waals surface area contributed by atoms with Crippen molar-refractivity contribution in [2.75, 3.05) is 0 Å². The lowest BCUT2D eigenvalue weighted by atomic mass is 10.2. The van der Waals surface area contributed by atoms with Crippen LogP contribution in [0.2, 0.25) is 0 Å². The number of nitrogens with zero attached hydrogens (tertiary/aromatic N) is 1. The van der Waals surface area contributed by atoms with Gasteiger partial charge < -0.3 is 0 Å². The van der Waals surface area contributed by atoms with E-state index < -0.39 is 14.8 Å². The Morgan fingerprint density at radius 1 is 1.05 bits per heavy atom. The second-order valence-electron chi connectivity index (χ2n) is 4.02. The van der Waals surface area contributed by atoms with Crippen LogP contribution in [0.3, 0.4) is 0 Å². The van der Waals surface area contributed by atoms with Crippen molar-refractivity contribution in [2.24, 2.45) is 0 Å². The van der Waals surface area contributed by atoms with Crippen LogP contribution < -0.4 is 0 Å². The van der Waals surface area contributed by atoms with Crippen LogP contribution in [0.4, 0.5) is 5.69 Å². The number of hydrogen-bond acceptors (Lipinski definition) is 4. The summed E-state index contributed by atoms with van der Waals surface area (Å²) < 4.78 is 24.8. The number of hydrogen-bond donors (Lipinski definition) is 0. The molecular weight excluding hydrogens is 266 g/mol. The Kier molecular flexibility index (Phi) is 3.35. The molecule has 98 valence electrons. The summed E-state index contributed by atoms with van der Waals surface area (Å²) in [5.74, 6) is 0. The second kappa shape index (κ2) is 4.81. The van der Waals surface area contributed by atoms with Gasteiger partial charge in [0.1, 0.15) is 0 Å². The fourth-order valence-electron chi connectivity index (χ4n) is 1.72. The zero-order chi connectivity index (χ0) is 14.0. The molecule has 0 fully saturated rings. The molecule has 0 heterocycles. The summed E-state index contributed by atoms with van der Waals surface area (Å²) in [5, 5.41) is 10.7. The number of sulfone groups is 1. The Hall–Kier alpha value is -2.21. The van der Waals surface area contributed by atoms with Crippen LogP contribution in [0, 0.1) is 17.0 Å². The topological polar surface area (TPSA) is 77.3 Å². The van der Waals surface area contributed by atoms with Gasteiger partial charge in [-0.2, -0.15) is 0 Å². The molecule has 19 heavy (non-hydrogen) atoms.